The number of hydrogen-bond donors (Lipinski definition) is 0. The molecule has 1 rings (SSSR count). The molecule has 18 heavy (non-hydrogen) atoms. The number of benzene rings is 1. The van der Waals surface area contributed by atoms with Crippen molar-refractivity contribution in [1.82, 2.24) is 0 Å². The Morgan fingerprint density at radius 1 is 1.33 bits per heavy atom. The molecule has 0 bridgehead atoms. The second kappa shape index (κ2) is 6.58. The maximum atomic E-state index is 11.3. The quantitative estimate of drug-likeness (QED) is 0.582. The van der Waals surface area contributed by atoms with Crippen LogP contribution >= 0.6 is 0 Å². The molecular formula is C17H18O. The molecule has 0 spiro atoms. The minimum absolute atomic E-state index is 0.0495. The molecule has 1 nitrogen and oxygen atoms in total. The highest BCUT2D eigenvalue weighted by Crippen LogP contribution is 2.08. The van der Waals surface area contributed by atoms with Crippen LogP contribution in [0.1, 0.15) is 20.3 Å². The molecule has 1 heteroatoms. The number of carbonyl (C=O) groups excluding carboxylic acids is 1. The molecule has 0 atom stereocenters. The van der Waals surface area contributed by atoms with Crippen molar-refractivity contribution in [3.63, 3.8) is 0 Å². The molecule has 0 saturated heterocycles. The summed E-state index contributed by atoms with van der Waals surface area (Å²) >= 11 is 0. The van der Waals surface area contributed by atoms with Gasteiger partial charge in [-0.1, -0.05) is 37.4 Å². The van der Waals surface area contributed by atoms with Gasteiger partial charge in [0.15, 0.2) is 5.78 Å². The number of rotatable bonds is 4. The Morgan fingerprint density at radius 3 is 2.56 bits per heavy atom. The number of allylic oxidation sites excluding steroid dienone is 4. The van der Waals surface area contributed by atoms with Crippen molar-refractivity contribution in [2.45, 2.75) is 20.3 Å². The van der Waals surface area contributed by atoms with Crippen LogP contribution in [0, 0.1) is 0 Å². The maximum Gasteiger partial charge on any atom is 0.159 e. The van der Waals surface area contributed by atoms with Gasteiger partial charge in [0.1, 0.15) is 0 Å². The average Bonchev–Trinajstić information content (AvgIpc) is 2.30. The summed E-state index contributed by atoms with van der Waals surface area (Å²) in [6, 6.07) is 7.81. The SMILES string of the molecule is C=C(C)/C(=C\CC=C=c1ccccc1=C)C(C)=O. The fraction of sp³-hybridized carbons (Fsp3) is 0.176. The normalized spacial score (nSPS) is 10.7. The average molecular weight is 238 g/mol. The van der Waals surface area contributed by atoms with E-state index in [4.69, 9.17) is 0 Å². The summed E-state index contributed by atoms with van der Waals surface area (Å²) in [5.41, 5.74) is 4.66. The summed E-state index contributed by atoms with van der Waals surface area (Å²) in [6.07, 6.45) is 4.44. The first-order valence-corrected chi connectivity index (χ1v) is 5.88. The first kappa shape index (κ1) is 14.0. The fourth-order valence-electron chi connectivity index (χ4n) is 1.63. The second-order valence-electron chi connectivity index (χ2n) is 4.20. The standard InChI is InChI=1S/C17H18O/c1-13(2)17(15(4)18)12-8-7-11-16-10-6-5-9-14(16)3/h5-7,9-10,12H,1,3,8H2,2,4H3/b17-12+. The van der Waals surface area contributed by atoms with Crippen LogP contribution in [0.3, 0.4) is 0 Å². The van der Waals surface area contributed by atoms with Crippen molar-refractivity contribution in [2.24, 2.45) is 0 Å². The third-order valence-corrected chi connectivity index (χ3v) is 2.55. The van der Waals surface area contributed by atoms with Crippen LogP contribution in [0.25, 0.3) is 12.3 Å². The lowest BCUT2D eigenvalue weighted by Crippen LogP contribution is -2.20. The largest absolute Gasteiger partial charge is 0.295 e. The van der Waals surface area contributed by atoms with Gasteiger partial charge in [-0.3, -0.25) is 4.79 Å². The van der Waals surface area contributed by atoms with Crippen molar-refractivity contribution in [2.75, 3.05) is 0 Å². The topological polar surface area (TPSA) is 17.1 Å². The summed E-state index contributed by atoms with van der Waals surface area (Å²) < 4.78 is 0. The monoisotopic (exact) mass is 238 g/mol. The van der Waals surface area contributed by atoms with Crippen molar-refractivity contribution in [1.29, 1.82) is 0 Å². The molecule has 0 unspecified atom stereocenters. The Morgan fingerprint density at radius 2 is 2.00 bits per heavy atom. The molecule has 0 saturated carbocycles. The van der Waals surface area contributed by atoms with Crippen molar-refractivity contribution in [3.8, 4) is 0 Å². The van der Waals surface area contributed by atoms with E-state index in [9.17, 15) is 4.79 Å². The van der Waals surface area contributed by atoms with Gasteiger partial charge in [0.25, 0.3) is 0 Å². The fourth-order valence-corrected chi connectivity index (χ4v) is 1.63. The van der Waals surface area contributed by atoms with E-state index in [0.29, 0.717) is 12.0 Å². The van der Waals surface area contributed by atoms with Crippen LogP contribution in [0.2, 0.25) is 0 Å². The van der Waals surface area contributed by atoms with E-state index in [1.165, 1.54) is 0 Å². The predicted molar refractivity (Wildman–Crippen MR) is 77.4 cm³/mol. The van der Waals surface area contributed by atoms with Crippen LogP contribution in [-0.4, -0.2) is 5.78 Å². The molecule has 1 aromatic rings. The minimum Gasteiger partial charge on any atom is -0.295 e. The number of carbonyl (C=O) groups is 1. The van der Waals surface area contributed by atoms with Gasteiger partial charge in [0, 0.05) is 10.8 Å². The third kappa shape index (κ3) is 4.04. The van der Waals surface area contributed by atoms with E-state index in [-0.39, 0.29) is 5.78 Å². The lowest BCUT2D eigenvalue weighted by Gasteiger charge is -1.99. The molecule has 0 N–H and O–H groups in total. The molecule has 0 aliphatic carbocycles. The first-order valence-electron chi connectivity index (χ1n) is 5.88. The second-order valence-corrected chi connectivity index (χ2v) is 4.20. The molecule has 0 fully saturated rings. The molecule has 0 aromatic heterocycles. The van der Waals surface area contributed by atoms with Gasteiger partial charge in [0.2, 0.25) is 0 Å². The molecule has 0 heterocycles. The molecular weight excluding hydrogens is 220 g/mol. The smallest absolute Gasteiger partial charge is 0.159 e. The number of Topliss-reactive ketones (excluding diaryl/α,β-unsaturated/α-hetero) is 1. The zero-order valence-corrected chi connectivity index (χ0v) is 11.0. The minimum atomic E-state index is 0.0495. The summed E-state index contributed by atoms with van der Waals surface area (Å²) in [5.74, 6) is 0.0495. The maximum absolute atomic E-state index is 11.3. The molecule has 0 aliphatic rings. The lowest BCUT2D eigenvalue weighted by molar-refractivity contribution is -0.113. The van der Waals surface area contributed by atoms with Crippen LogP contribution in [0.15, 0.2) is 54.1 Å². The molecule has 0 amide bonds. The third-order valence-electron chi connectivity index (χ3n) is 2.55. The molecule has 0 aliphatic heterocycles. The summed E-state index contributed by atoms with van der Waals surface area (Å²) in [5, 5.41) is 1.93. The highest BCUT2D eigenvalue weighted by molar-refractivity contribution is 5.97. The van der Waals surface area contributed by atoms with Crippen LogP contribution in [0.4, 0.5) is 0 Å². The van der Waals surface area contributed by atoms with E-state index in [1.54, 1.807) is 6.92 Å². The van der Waals surface area contributed by atoms with E-state index in [0.717, 1.165) is 16.0 Å². The van der Waals surface area contributed by atoms with E-state index < -0.39 is 0 Å². The Kier molecular flexibility index (Phi) is 5.10. The number of hydrogen-bond acceptors (Lipinski definition) is 1. The Labute approximate surface area is 108 Å². The molecule has 92 valence electrons. The van der Waals surface area contributed by atoms with Crippen molar-refractivity contribution < 1.29 is 4.79 Å². The van der Waals surface area contributed by atoms with Crippen LogP contribution in [0.5, 0.6) is 0 Å². The van der Waals surface area contributed by atoms with Gasteiger partial charge in [-0.2, -0.15) is 0 Å². The van der Waals surface area contributed by atoms with Gasteiger partial charge in [-0.25, -0.2) is 0 Å². The first-order chi connectivity index (χ1) is 8.52. The van der Waals surface area contributed by atoms with Crippen molar-refractivity contribution in [3.05, 3.63) is 64.6 Å². The number of ketones is 1. The Balaban J connectivity index is 2.96. The summed E-state index contributed by atoms with van der Waals surface area (Å²) in [4.78, 5) is 11.3. The highest BCUT2D eigenvalue weighted by Gasteiger charge is 2.01. The molecule has 1 aromatic carbocycles. The van der Waals surface area contributed by atoms with E-state index in [2.05, 4.69) is 18.9 Å². The highest BCUT2D eigenvalue weighted by atomic mass is 16.1. The van der Waals surface area contributed by atoms with Gasteiger partial charge in [-0.15, -0.1) is 5.73 Å². The van der Waals surface area contributed by atoms with Gasteiger partial charge < -0.3 is 0 Å². The Bertz CT molecular complexity index is 610. The Hall–Kier alpha value is -2.11. The lowest BCUT2D eigenvalue weighted by atomic mass is 10.0. The summed E-state index contributed by atoms with van der Waals surface area (Å²) in [7, 11) is 0. The molecule has 0 radical (unpaired) electrons. The van der Waals surface area contributed by atoms with Gasteiger partial charge in [-0.05, 0) is 43.2 Å². The van der Waals surface area contributed by atoms with E-state index in [1.807, 2.05) is 43.3 Å². The van der Waals surface area contributed by atoms with Crippen LogP contribution in [-0.2, 0) is 4.79 Å². The zero-order valence-electron chi connectivity index (χ0n) is 11.0. The zero-order chi connectivity index (χ0) is 13.5. The van der Waals surface area contributed by atoms with Crippen molar-refractivity contribution >= 4 is 18.1 Å². The van der Waals surface area contributed by atoms with Gasteiger partial charge in [0.05, 0.1) is 0 Å². The van der Waals surface area contributed by atoms with Gasteiger partial charge >= 0.3 is 0 Å². The predicted octanol–water partition coefficient (Wildman–Crippen LogP) is 2.51. The summed E-state index contributed by atoms with van der Waals surface area (Å²) in [6.45, 7) is 11.1. The van der Waals surface area contributed by atoms with Crippen LogP contribution < -0.4 is 10.4 Å². The van der Waals surface area contributed by atoms with E-state index >= 15 is 0 Å².